The zero-order valence-electron chi connectivity index (χ0n) is 28.2. The highest BCUT2D eigenvalue weighted by Crippen LogP contribution is 2.38. The third-order valence-corrected chi connectivity index (χ3v) is 13.2. The molecule has 3 heterocycles. The number of halogens is 1. The fourth-order valence-corrected chi connectivity index (χ4v) is 9.52. The molecule has 2 unspecified atom stereocenters. The SMILES string of the molecule is Cc1ccc(S(=O)(=O)n2ccc3c(C(I)CNCCO)ccc(C#N)c32)cc1.Cc1ccc(S(=O)(=O)n2ccc3c(C4CO4)ccc(C#N)c32)cc1. The number of aliphatic hydroxyl groups excluding tert-OH is 1. The van der Waals surface area contributed by atoms with Gasteiger partial charge in [-0.2, -0.15) is 10.5 Å². The number of nitrogens with one attached hydrogen (secondary N) is 1. The second-order valence-electron chi connectivity index (χ2n) is 12.2. The number of rotatable bonds is 10. The van der Waals surface area contributed by atoms with E-state index in [1.54, 1.807) is 72.8 Å². The maximum absolute atomic E-state index is 13.2. The van der Waals surface area contributed by atoms with Crippen LogP contribution in [0.25, 0.3) is 21.8 Å². The number of epoxide rings is 1. The number of hydrogen-bond donors (Lipinski definition) is 2. The van der Waals surface area contributed by atoms with Crippen LogP contribution >= 0.6 is 22.6 Å². The van der Waals surface area contributed by atoms with E-state index in [0.29, 0.717) is 41.9 Å². The molecule has 0 aliphatic carbocycles. The number of aliphatic hydroxyl groups is 1. The summed E-state index contributed by atoms with van der Waals surface area (Å²) in [4.78, 5) is 0.378. The van der Waals surface area contributed by atoms with Gasteiger partial charge in [0, 0.05) is 40.2 Å². The van der Waals surface area contributed by atoms with E-state index in [1.165, 1.54) is 20.3 Å². The molecule has 7 rings (SSSR count). The molecule has 11 nitrogen and oxygen atoms in total. The van der Waals surface area contributed by atoms with E-state index < -0.39 is 20.0 Å². The number of hydrogen-bond acceptors (Lipinski definition) is 9. The van der Waals surface area contributed by atoms with E-state index in [9.17, 15) is 27.4 Å². The predicted octanol–water partition coefficient (Wildman–Crippen LogP) is 6.25. The van der Waals surface area contributed by atoms with Gasteiger partial charge in [-0.1, -0.05) is 70.1 Å². The first-order valence-electron chi connectivity index (χ1n) is 16.2. The van der Waals surface area contributed by atoms with Crippen LogP contribution in [0.15, 0.2) is 107 Å². The average Bonchev–Trinajstić information content (AvgIpc) is 3.70. The fraction of sp³-hybridized carbons (Fsp3) is 0.211. The maximum atomic E-state index is 13.2. The lowest BCUT2D eigenvalue weighted by atomic mass is 10.0. The quantitative estimate of drug-likeness (QED) is 0.0701. The summed E-state index contributed by atoms with van der Waals surface area (Å²) in [5.41, 5.74) is 5.26. The van der Waals surface area contributed by atoms with Crippen molar-refractivity contribution in [3.63, 3.8) is 0 Å². The molecule has 0 saturated carbocycles. The molecule has 2 aromatic heterocycles. The summed E-state index contributed by atoms with van der Waals surface area (Å²) >= 11 is 2.28. The summed E-state index contributed by atoms with van der Waals surface area (Å²) in [6, 6.07) is 28.0. The summed E-state index contributed by atoms with van der Waals surface area (Å²) in [5, 5.41) is 32.5. The Bertz CT molecular complexity index is 2580. The van der Waals surface area contributed by atoms with Crippen molar-refractivity contribution < 1.29 is 26.7 Å². The Morgan fingerprint density at radius 3 is 1.75 bits per heavy atom. The second-order valence-corrected chi connectivity index (χ2v) is 17.4. The molecule has 1 aliphatic heterocycles. The highest BCUT2D eigenvalue weighted by molar-refractivity contribution is 14.1. The van der Waals surface area contributed by atoms with Crippen molar-refractivity contribution in [2.24, 2.45) is 0 Å². The van der Waals surface area contributed by atoms with Crippen molar-refractivity contribution >= 4 is 64.4 Å². The van der Waals surface area contributed by atoms with Crippen LogP contribution in [0.5, 0.6) is 0 Å². The molecular formula is C38H34IN5O6S2. The summed E-state index contributed by atoms with van der Waals surface area (Å²) in [5.74, 6) is 0. The molecule has 52 heavy (non-hydrogen) atoms. The largest absolute Gasteiger partial charge is 0.395 e. The molecule has 6 aromatic rings. The number of fused-ring (bicyclic) bond motifs is 2. The topological polar surface area (TPSA) is 171 Å². The van der Waals surface area contributed by atoms with Gasteiger partial charge in [0.1, 0.15) is 18.2 Å². The van der Waals surface area contributed by atoms with Gasteiger partial charge in [0.2, 0.25) is 0 Å². The van der Waals surface area contributed by atoms with Gasteiger partial charge in [-0.25, -0.2) is 24.8 Å². The molecule has 1 fully saturated rings. The van der Waals surface area contributed by atoms with Gasteiger partial charge in [0.05, 0.1) is 45.2 Å². The highest BCUT2D eigenvalue weighted by atomic mass is 127. The Balaban J connectivity index is 0.000000180. The molecule has 0 spiro atoms. The molecule has 0 radical (unpaired) electrons. The lowest BCUT2D eigenvalue weighted by molar-refractivity contribution is 0.293. The van der Waals surface area contributed by atoms with Gasteiger partial charge in [-0.15, -0.1) is 0 Å². The van der Waals surface area contributed by atoms with E-state index >= 15 is 0 Å². The first-order chi connectivity index (χ1) is 24.9. The predicted molar refractivity (Wildman–Crippen MR) is 206 cm³/mol. The van der Waals surface area contributed by atoms with Crippen LogP contribution in [0, 0.1) is 36.5 Å². The zero-order valence-corrected chi connectivity index (χ0v) is 32.0. The van der Waals surface area contributed by atoms with Gasteiger partial charge in [-0.3, -0.25) is 0 Å². The smallest absolute Gasteiger partial charge is 0.268 e. The Morgan fingerprint density at radius 2 is 1.27 bits per heavy atom. The Labute approximate surface area is 315 Å². The minimum absolute atomic E-state index is 0.0156. The van der Waals surface area contributed by atoms with Crippen LogP contribution in [0.1, 0.15) is 43.4 Å². The Kier molecular flexibility index (Phi) is 10.9. The summed E-state index contributed by atoms with van der Waals surface area (Å²) in [6.07, 6.45) is 3.00. The van der Waals surface area contributed by atoms with Gasteiger partial charge in [0.25, 0.3) is 20.0 Å². The minimum Gasteiger partial charge on any atom is -0.395 e. The molecule has 14 heteroatoms. The molecule has 1 aliphatic rings. The zero-order chi connectivity index (χ0) is 37.2. The fourth-order valence-electron chi connectivity index (χ4n) is 5.93. The van der Waals surface area contributed by atoms with Gasteiger partial charge >= 0.3 is 0 Å². The number of aryl methyl sites for hydroxylation is 2. The van der Waals surface area contributed by atoms with E-state index in [0.717, 1.165) is 33.0 Å². The number of nitrogens with zero attached hydrogens (tertiary/aromatic N) is 4. The summed E-state index contributed by atoms with van der Waals surface area (Å²) < 4.78 is 60.2. The van der Waals surface area contributed by atoms with Gasteiger partial charge < -0.3 is 15.2 Å². The highest BCUT2D eigenvalue weighted by Gasteiger charge is 2.30. The van der Waals surface area contributed by atoms with Crippen molar-refractivity contribution in [1.29, 1.82) is 10.5 Å². The second kappa shape index (κ2) is 15.2. The first-order valence-corrected chi connectivity index (χ1v) is 20.3. The Morgan fingerprint density at radius 1 is 0.788 bits per heavy atom. The van der Waals surface area contributed by atoms with Crippen molar-refractivity contribution in [3.05, 3.63) is 131 Å². The van der Waals surface area contributed by atoms with Gasteiger partial charge in [-0.05, 0) is 73.5 Å². The van der Waals surface area contributed by atoms with E-state index in [-0.39, 0.29) is 26.4 Å². The van der Waals surface area contributed by atoms with Crippen LogP contribution in [-0.2, 0) is 24.8 Å². The molecule has 2 N–H and O–H groups in total. The molecule has 1 saturated heterocycles. The molecule has 4 aromatic carbocycles. The monoisotopic (exact) mass is 847 g/mol. The van der Waals surface area contributed by atoms with Crippen LogP contribution in [-0.4, -0.2) is 56.2 Å². The Hall–Kier alpha value is -4.55. The number of aromatic nitrogens is 2. The van der Waals surface area contributed by atoms with Crippen LogP contribution in [0.3, 0.4) is 0 Å². The minimum atomic E-state index is -3.82. The van der Waals surface area contributed by atoms with Gasteiger partial charge in [0.15, 0.2) is 0 Å². The van der Waals surface area contributed by atoms with Crippen molar-refractivity contribution in [2.45, 2.75) is 33.7 Å². The number of benzene rings is 4. The van der Waals surface area contributed by atoms with Crippen molar-refractivity contribution in [2.75, 3.05) is 26.3 Å². The first kappa shape index (κ1) is 37.2. The van der Waals surface area contributed by atoms with E-state index in [1.807, 2.05) is 26.0 Å². The molecule has 2 atom stereocenters. The van der Waals surface area contributed by atoms with Crippen LogP contribution in [0.2, 0.25) is 0 Å². The molecule has 266 valence electrons. The lowest BCUT2D eigenvalue weighted by Gasteiger charge is -2.14. The normalized spacial score (nSPS) is 14.7. The summed E-state index contributed by atoms with van der Waals surface area (Å²) in [6.45, 7) is 5.58. The third kappa shape index (κ3) is 7.23. The van der Waals surface area contributed by atoms with Crippen LogP contribution < -0.4 is 5.32 Å². The summed E-state index contributed by atoms with van der Waals surface area (Å²) in [7, 11) is -7.59. The maximum Gasteiger partial charge on any atom is 0.268 e. The van der Waals surface area contributed by atoms with Crippen molar-refractivity contribution in [3.8, 4) is 12.1 Å². The number of ether oxygens (including phenoxy) is 1. The number of alkyl halides is 1. The van der Waals surface area contributed by atoms with E-state index in [4.69, 9.17) is 9.84 Å². The molecule has 0 bridgehead atoms. The van der Waals surface area contributed by atoms with E-state index in [2.05, 4.69) is 40.0 Å². The van der Waals surface area contributed by atoms with Crippen molar-refractivity contribution in [1.82, 2.24) is 13.3 Å². The van der Waals surface area contributed by atoms with Crippen LogP contribution in [0.4, 0.5) is 0 Å². The standard InChI is InChI=1S/C20H20IN3O3S.C18H14N2O3S/c1-14-2-5-16(6-3-14)28(26,27)24-10-8-18-17(19(21)13-23-9-11-25)7-4-15(12-22)20(18)24;1-12-2-5-14(6-3-12)24(21,22)20-9-8-16-15(17-11-23-17)7-4-13(10-19)18(16)20/h2-8,10,19,23,25H,9,11,13H2,1H3;2-9,17H,11H2,1H3. The third-order valence-electron chi connectivity index (χ3n) is 8.72. The lowest BCUT2D eigenvalue weighted by Crippen LogP contribution is -2.22. The average molecular weight is 848 g/mol. The molecular weight excluding hydrogens is 813 g/mol. The number of nitriles is 2. The molecule has 0 amide bonds.